The summed E-state index contributed by atoms with van der Waals surface area (Å²) in [7, 11) is 0. The number of thiophene rings is 1. The molecular formula is C28H21N5OS2. The van der Waals surface area contributed by atoms with Crippen LogP contribution in [0, 0.1) is 0 Å². The van der Waals surface area contributed by atoms with Gasteiger partial charge in [0, 0.05) is 12.5 Å². The Morgan fingerprint density at radius 1 is 0.861 bits per heavy atom. The highest BCUT2D eigenvalue weighted by Gasteiger charge is 2.31. The Balaban J connectivity index is 1.52. The molecular weight excluding hydrogens is 486 g/mol. The van der Waals surface area contributed by atoms with Crippen LogP contribution in [-0.2, 0) is 4.79 Å². The average Bonchev–Trinajstić information content (AvgIpc) is 3.52. The summed E-state index contributed by atoms with van der Waals surface area (Å²) in [4.78, 5) is 12.7. The molecule has 36 heavy (non-hydrogen) atoms. The summed E-state index contributed by atoms with van der Waals surface area (Å²) in [5.41, 5.74) is 5.18. The quantitative estimate of drug-likeness (QED) is 0.286. The maximum Gasteiger partial charge on any atom is 0.221 e. The summed E-state index contributed by atoms with van der Waals surface area (Å²) in [5, 5.41) is 18.6. The van der Waals surface area contributed by atoms with Crippen LogP contribution >= 0.6 is 23.1 Å². The number of aromatic nitrogens is 3. The third-order valence-corrected chi connectivity index (χ3v) is 8.03. The summed E-state index contributed by atoms with van der Waals surface area (Å²) in [5.74, 6) is 0.536. The molecule has 1 atom stereocenters. The van der Waals surface area contributed by atoms with Crippen LogP contribution < -0.4 is 5.32 Å². The van der Waals surface area contributed by atoms with E-state index >= 15 is 0 Å². The molecule has 5 aromatic rings. The molecule has 1 unspecified atom stereocenters. The van der Waals surface area contributed by atoms with Gasteiger partial charge in [-0.25, -0.2) is 0 Å². The van der Waals surface area contributed by atoms with Gasteiger partial charge in [-0.2, -0.15) is 9.78 Å². The Labute approximate surface area is 216 Å². The smallest absolute Gasteiger partial charge is 0.221 e. The second-order valence-corrected chi connectivity index (χ2v) is 10.4. The van der Waals surface area contributed by atoms with Crippen molar-refractivity contribution in [3.05, 3.63) is 108 Å². The number of carbonyl (C=O) groups excluding carboxylic acids is 1. The van der Waals surface area contributed by atoms with Crippen LogP contribution in [0.4, 0.5) is 5.00 Å². The third-order valence-electron chi connectivity index (χ3n) is 5.78. The second kappa shape index (κ2) is 9.56. The molecule has 0 saturated heterocycles. The van der Waals surface area contributed by atoms with E-state index in [1.165, 1.54) is 18.3 Å². The van der Waals surface area contributed by atoms with Gasteiger partial charge in [-0.05, 0) is 22.8 Å². The molecule has 1 N–H and O–H groups in total. The first kappa shape index (κ1) is 22.5. The van der Waals surface area contributed by atoms with Gasteiger partial charge >= 0.3 is 0 Å². The van der Waals surface area contributed by atoms with Crippen LogP contribution in [0.25, 0.3) is 21.8 Å². The molecule has 3 heterocycles. The van der Waals surface area contributed by atoms with Gasteiger partial charge in [-0.3, -0.25) is 4.79 Å². The van der Waals surface area contributed by atoms with E-state index in [1.54, 1.807) is 11.8 Å². The van der Waals surface area contributed by atoms with Gasteiger partial charge in [-0.1, -0.05) is 103 Å². The Morgan fingerprint density at radius 2 is 1.50 bits per heavy atom. The molecule has 176 valence electrons. The van der Waals surface area contributed by atoms with E-state index in [-0.39, 0.29) is 11.2 Å². The number of carbonyl (C=O) groups is 1. The van der Waals surface area contributed by atoms with Crippen molar-refractivity contribution in [2.24, 2.45) is 5.10 Å². The minimum atomic E-state index is -0.115. The lowest BCUT2D eigenvalue weighted by molar-refractivity contribution is -0.114. The lowest BCUT2D eigenvalue weighted by atomic mass is 10.0. The van der Waals surface area contributed by atoms with E-state index in [0.717, 1.165) is 43.0 Å². The number of amides is 1. The fourth-order valence-corrected chi connectivity index (χ4v) is 6.40. The third kappa shape index (κ3) is 4.25. The lowest BCUT2D eigenvalue weighted by Gasteiger charge is -2.23. The molecule has 1 aliphatic heterocycles. The summed E-state index contributed by atoms with van der Waals surface area (Å²) in [6.45, 7) is 1.51. The Hall–Kier alpha value is -4.01. The van der Waals surface area contributed by atoms with Crippen molar-refractivity contribution in [2.45, 2.75) is 17.3 Å². The van der Waals surface area contributed by atoms with Gasteiger partial charge in [0.15, 0.2) is 5.82 Å². The molecule has 6 nitrogen and oxygen atoms in total. The minimum absolute atomic E-state index is 0.00924. The molecule has 1 aliphatic rings. The average molecular weight is 508 g/mol. The highest BCUT2D eigenvalue weighted by Crippen LogP contribution is 2.45. The van der Waals surface area contributed by atoms with Crippen molar-refractivity contribution in [3.63, 3.8) is 0 Å². The Bertz CT molecular complexity index is 1560. The summed E-state index contributed by atoms with van der Waals surface area (Å²) in [6.07, 6.45) is 0. The normalized spacial score (nSPS) is 14.7. The van der Waals surface area contributed by atoms with Crippen molar-refractivity contribution < 1.29 is 4.79 Å². The van der Waals surface area contributed by atoms with Crippen molar-refractivity contribution in [2.75, 3.05) is 5.32 Å². The van der Waals surface area contributed by atoms with E-state index in [9.17, 15) is 4.79 Å². The zero-order valence-electron chi connectivity index (χ0n) is 19.3. The predicted octanol–water partition coefficient (Wildman–Crippen LogP) is 6.73. The largest absolute Gasteiger partial charge is 0.318 e. The topological polar surface area (TPSA) is 72.2 Å². The monoisotopic (exact) mass is 507 g/mol. The summed E-state index contributed by atoms with van der Waals surface area (Å²) in [6, 6.07) is 32.7. The Morgan fingerprint density at radius 3 is 2.17 bits per heavy atom. The molecule has 0 aliphatic carbocycles. The van der Waals surface area contributed by atoms with Gasteiger partial charge in [0.05, 0.1) is 20.8 Å². The number of nitrogens with one attached hydrogen (secondary N) is 1. The van der Waals surface area contributed by atoms with Gasteiger partial charge in [0.1, 0.15) is 0 Å². The van der Waals surface area contributed by atoms with Crippen LogP contribution in [0.3, 0.4) is 0 Å². The maximum atomic E-state index is 11.8. The lowest BCUT2D eigenvalue weighted by Crippen LogP contribution is -2.18. The molecule has 0 spiro atoms. The number of fused-ring (bicyclic) bond motifs is 1. The maximum absolute atomic E-state index is 11.8. The van der Waals surface area contributed by atoms with E-state index in [1.807, 2.05) is 65.3 Å². The summed E-state index contributed by atoms with van der Waals surface area (Å²) < 4.78 is 1.84. The molecule has 0 radical (unpaired) electrons. The molecule has 0 bridgehead atoms. The number of nitrogens with zero attached hydrogens (tertiary/aromatic N) is 4. The predicted molar refractivity (Wildman–Crippen MR) is 146 cm³/mol. The molecule has 6 rings (SSSR count). The van der Waals surface area contributed by atoms with Crippen LogP contribution in [-0.4, -0.2) is 26.5 Å². The molecule has 2 aromatic heterocycles. The van der Waals surface area contributed by atoms with Gasteiger partial charge in [0.2, 0.25) is 11.1 Å². The van der Waals surface area contributed by atoms with Crippen LogP contribution in [0.1, 0.15) is 23.3 Å². The first-order valence-corrected chi connectivity index (χ1v) is 13.2. The molecule has 0 fully saturated rings. The fourth-order valence-electron chi connectivity index (χ4n) is 4.19. The van der Waals surface area contributed by atoms with E-state index in [2.05, 4.69) is 51.9 Å². The number of hydrogen-bond acceptors (Lipinski definition) is 6. The Kier molecular flexibility index (Phi) is 5.96. The fraction of sp³-hybridized carbons (Fsp3) is 0.0714. The number of benzene rings is 3. The number of anilines is 1. The first-order chi connectivity index (χ1) is 17.7. The van der Waals surface area contributed by atoms with Crippen LogP contribution in [0.2, 0.25) is 0 Å². The minimum Gasteiger partial charge on any atom is -0.318 e. The molecule has 0 saturated carbocycles. The highest BCUT2D eigenvalue weighted by molar-refractivity contribution is 8.00. The van der Waals surface area contributed by atoms with E-state index in [0.29, 0.717) is 5.82 Å². The van der Waals surface area contributed by atoms with Crippen molar-refractivity contribution in [3.8, 4) is 21.8 Å². The first-order valence-electron chi connectivity index (χ1n) is 11.5. The van der Waals surface area contributed by atoms with Crippen molar-refractivity contribution in [1.82, 2.24) is 14.9 Å². The zero-order valence-corrected chi connectivity index (χ0v) is 21.0. The van der Waals surface area contributed by atoms with E-state index in [4.69, 9.17) is 5.10 Å². The van der Waals surface area contributed by atoms with Crippen molar-refractivity contribution >= 4 is 39.7 Å². The van der Waals surface area contributed by atoms with Gasteiger partial charge in [0.25, 0.3) is 0 Å². The SMILES string of the molecule is CC(=O)Nc1cc(-c2ccccc2)c(-c2nnc3n2N=C(c2ccccc2)C(c2ccccc2)S3)s1. The second-order valence-electron chi connectivity index (χ2n) is 8.28. The molecule has 1 amide bonds. The van der Waals surface area contributed by atoms with E-state index < -0.39 is 0 Å². The zero-order chi connectivity index (χ0) is 24.5. The summed E-state index contributed by atoms with van der Waals surface area (Å²) >= 11 is 3.11. The number of rotatable bonds is 5. The standard InChI is InChI=1S/C28H21N5OS2/c1-18(34)29-23-17-22(19-11-5-2-6-12-19)26(35-23)27-30-31-28-33(27)32-24(20-13-7-3-8-14-20)25(36-28)21-15-9-4-10-16-21/h2-17,25H,1H3,(H,29,34). The molecule has 8 heteroatoms. The number of thioether (sulfide) groups is 1. The highest BCUT2D eigenvalue weighted by atomic mass is 32.2. The number of hydrogen-bond donors (Lipinski definition) is 1. The van der Waals surface area contributed by atoms with Gasteiger partial charge < -0.3 is 5.32 Å². The van der Waals surface area contributed by atoms with Crippen LogP contribution in [0.15, 0.2) is 107 Å². The van der Waals surface area contributed by atoms with Crippen LogP contribution in [0.5, 0.6) is 0 Å². The molecule has 3 aromatic carbocycles. The van der Waals surface area contributed by atoms with Crippen molar-refractivity contribution in [1.29, 1.82) is 0 Å². The van der Waals surface area contributed by atoms with Gasteiger partial charge in [-0.15, -0.1) is 21.5 Å².